The van der Waals surface area contributed by atoms with Gasteiger partial charge in [0.2, 0.25) is 0 Å². The van der Waals surface area contributed by atoms with Gasteiger partial charge in [-0.05, 0) is 61.7 Å². The third-order valence-electron chi connectivity index (χ3n) is 4.15. The lowest BCUT2D eigenvalue weighted by Gasteiger charge is -2.14. The molecule has 2 rings (SSSR count). The maximum atomic E-state index is 12.1. The summed E-state index contributed by atoms with van der Waals surface area (Å²) < 4.78 is 15.6. The summed E-state index contributed by atoms with van der Waals surface area (Å²) in [4.78, 5) is 24.0. The third kappa shape index (κ3) is 5.82. The van der Waals surface area contributed by atoms with E-state index >= 15 is 0 Å². The fourth-order valence-corrected chi connectivity index (χ4v) is 2.47. The molecule has 27 heavy (non-hydrogen) atoms. The number of methoxy groups -OCH3 is 1. The number of carbonyl (C=O) groups is 2. The van der Waals surface area contributed by atoms with Crippen molar-refractivity contribution in [2.45, 2.75) is 20.8 Å². The number of benzene rings is 2. The van der Waals surface area contributed by atoms with Crippen molar-refractivity contribution in [3.63, 3.8) is 0 Å². The van der Waals surface area contributed by atoms with Gasteiger partial charge in [-0.3, -0.25) is 4.79 Å². The van der Waals surface area contributed by atoms with Crippen molar-refractivity contribution in [3.05, 3.63) is 58.7 Å². The number of hydrogen-bond acceptors (Lipinski definition) is 5. The largest absolute Gasteiger partial charge is 0.483 e. The van der Waals surface area contributed by atoms with Gasteiger partial charge in [-0.1, -0.05) is 12.1 Å². The van der Waals surface area contributed by atoms with E-state index in [1.807, 2.05) is 32.9 Å². The molecule has 0 aromatic heterocycles. The highest BCUT2D eigenvalue weighted by molar-refractivity contribution is 5.93. The molecule has 0 heterocycles. The van der Waals surface area contributed by atoms with Crippen molar-refractivity contribution in [2.75, 3.05) is 32.2 Å². The molecule has 0 aliphatic heterocycles. The molecule has 1 N–H and O–H groups in total. The van der Waals surface area contributed by atoms with E-state index in [-0.39, 0.29) is 19.1 Å². The van der Waals surface area contributed by atoms with E-state index in [0.29, 0.717) is 17.9 Å². The molecule has 0 radical (unpaired) electrons. The van der Waals surface area contributed by atoms with E-state index in [0.717, 1.165) is 22.4 Å². The number of amides is 1. The molecule has 1 amide bonds. The van der Waals surface area contributed by atoms with Crippen LogP contribution in [0.4, 0.5) is 5.69 Å². The quantitative estimate of drug-likeness (QED) is 0.568. The minimum absolute atomic E-state index is 0.0913. The zero-order valence-corrected chi connectivity index (χ0v) is 16.1. The average Bonchev–Trinajstić information content (AvgIpc) is 2.65. The monoisotopic (exact) mass is 371 g/mol. The highest BCUT2D eigenvalue weighted by Crippen LogP contribution is 2.25. The Morgan fingerprint density at radius 1 is 0.926 bits per heavy atom. The van der Waals surface area contributed by atoms with Crippen LogP contribution in [0.5, 0.6) is 5.75 Å². The molecule has 144 valence electrons. The van der Waals surface area contributed by atoms with Crippen LogP contribution < -0.4 is 10.1 Å². The van der Waals surface area contributed by atoms with Crippen molar-refractivity contribution in [2.24, 2.45) is 0 Å². The van der Waals surface area contributed by atoms with Gasteiger partial charge in [0, 0.05) is 12.8 Å². The predicted octanol–water partition coefficient (Wildman–Crippen LogP) is 3.43. The minimum Gasteiger partial charge on any atom is -0.483 e. The second-order valence-electron chi connectivity index (χ2n) is 6.20. The maximum Gasteiger partial charge on any atom is 0.338 e. The van der Waals surface area contributed by atoms with Gasteiger partial charge < -0.3 is 19.5 Å². The normalized spacial score (nSPS) is 10.4. The summed E-state index contributed by atoms with van der Waals surface area (Å²) in [6, 6.07) is 10.5. The summed E-state index contributed by atoms with van der Waals surface area (Å²) in [5.74, 6) is 0.0312. The van der Waals surface area contributed by atoms with Crippen molar-refractivity contribution in [1.29, 1.82) is 0 Å². The first kappa shape index (κ1) is 20.5. The first-order valence-electron chi connectivity index (χ1n) is 8.68. The second-order valence-corrected chi connectivity index (χ2v) is 6.20. The molecule has 0 atom stereocenters. The van der Waals surface area contributed by atoms with Crippen LogP contribution in [0.15, 0.2) is 36.4 Å². The SMILES string of the molecule is COCCOC(=O)c1ccc(NC(=O)COc2c(C)ccc(C)c2C)cc1. The summed E-state index contributed by atoms with van der Waals surface area (Å²) >= 11 is 0. The van der Waals surface area contributed by atoms with E-state index in [9.17, 15) is 9.59 Å². The molecule has 2 aromatic rings. The van der Waals surface area contributed by atoms with Crippen molar-refractivity contribution in [3.8, 4) is 5.75 Å². The van der Waals surface area contributed by atoms with E-state index in [4.69, 9.17) is 14.2 Å². The van der Waals surface area contributed by atoms with E-state index in [2.05, 4.69) is 5.32 Å². The Labute approximate surface area is 159 Å². The number of anilines is 1. The van der Waals surface area contributed by atoms with Gasteiger partial charge in [0.15, 0.2) is 6.61 Å². The van der Waals surface area contributed by atoms with Crippen LogP contribution in [0.3, 0.4) is 0 Å². The van der Waals surface area contributed by atoms with Gasteiger partial charge in [0.1, 0.15) is 12.4 Å². The molecular formula is C21H25NO5. The topological polar surface area (TPSA) is 73.9 Å². The Morgan fingerprint density at radius 2 is 1.59 bits per heavy atom. The third-order valence-corrected chi connectivity index (χ3v) is 4.15. The van der Waals surface area contributed by atoms with Gasteiger partial charge in [0.05, 0.1) is 12.2 Å². The summed E-state index contributed by atoms with van der Waals surface area (Å²) in [5.41, 5.74) is 4.12. The number of nitrogens with one attached hydrogen (secondary N) is 1. The lowest BCUT2D eigenvalue weighted by molar-refractivity contribution is -0.118. The Hall–Kier alpha value is -2.86. The van der Waals surface area contributed by atoms with Crippen molar-refractivity contribution in [1.82, 2.24) is 0 Å². The molecule has 0 bridgehead atoms. The molecule has 0 saturated heterocycles. The maximum absolute atomic E-state index is 12.1. The Morgan fingerprint density at radius 3 is 2.26 bits per heavy atom. The number of ether oxygens (including phenoxy) is 3. The van der Waals surface area contributed by atoms with Crippen LogP contribution in [0.2, 0.25) is 0 Å². The molecule has 0 unspecified atom stereocenters. The van der Waals surface area contributed by atoms with Crippen LogP contribution in [0.1, 0.15) is 27.0 Å². The van der Waals surface area contributed by atoms with Crippen molar-refractivity contribution >= 4 is 17.6 Å². The molecule has 2 aromatic carbocycles. The van der Waals surface area contributed by atoms with E-state index in [1.165, 1.54) is 7.11 Å². The summed E-state index contributed by atoms with van der Waals surface area (Å²) in [5, 5.41) is 2.75. The molecule has 0 aliphatic carbocycles. The smallest absolute Gasteiger partial charge is 0.338 e. The summed E-state index contributed by atoms with van der Waals surface area (Å²) in [6.45, 7) is 6.38. The Kier molecular flexibility index (Phi) is 7.37. The summed E-state index contributed by atoms with van der Waals surface area (Å²) in [6.07, 6.45) is 0. The highest BCUT2D eigenvalue weighted by Gasteiger charge is 2.11. The van der Waals surface area contributed by atoms with Crippen LogP contribution in [0.25, 0.3) is 0 Å². The minimum atomic E-state index is -0.432. The molecular weight excluding hydrogens is 346 g/mol. The molecule has 6 nitrogen and oxygen atoms in total. The molecule has 0 fully saturated rings. The van der Waals surface area contributed by atoms with Gasteiger partial charge >= 0.3 is 5.97 Å². The van der Waals surface area contributed by atoms with Crippen LogP contribution in [-0.2, 0) is 14.3 Å². The molecule has 6 heteroatoms. The fourth-order valence-electron chi connectivity index (χ4n) is 2.47. The van der Waals surface area contributed by atoms with Crippen molar-refractivity contribution < 1.29 is 23.8 Å². The average molecular weight is 371 g/mol. The first-order chi connectivity index (χ1) is 12.9. The predicted molar refractivity (Wildman–Crippen MR) is 103 cm³/mol. The van der Waals surface area contributed by atoms with E-state index in [1.54, 1.807) is 24.3 Å². The molecule has 0 saturated carbocycles. The number of carbonyl (C=O) groups excluding carboxylic acids is 2. The van der Waals surface area contributed by atoms with Crippen LogP contribution >= 0.6 is 0 Å². The number of rotatable bonds is 8. The number of hydrogen-bond donors (Lipinski definition) is 1. The number of aryl methyl sites for hydroxylation is 2. The number of esters is 1. The summed E-state index contributed by atoms with van der Waals surface area (Å²) in [7, 11) is 1.54. The van der Waals surface area contributed by atoms with Crippen LogP contribution in [-0.4, -0.2) is 38.8 Å². The fraction of sp³-hybridized carbons (Fsp3) is 0.333. The van der Waals surface area contributed by atoms with Gasteiger partial charge in [0.25, 0.3) is 5.91 Å². The lowest BCUT2D eigenvalue weighted by Crippen LogP contribution is -2.20. The van der Waals surface area contributed by atoms with Gasteiger partial charge in [-0.15, -0.1) is 0 Å². The van der Waals surface area contributed by atoms with E-state index < -0.39 is 5.97 Å². The first-order valence-corrected chi connectivity index (χ1v) is 8.68. The Bertz CT molecular complexity index is 799. The second kappa shape index (κ2) is 9.73. The molecule has 0 aliphatic rings. The molecule has 0 spiro atoms. The Balaban J connectivity index is 1.89. The lowest BCUT2D eigenvalue weighted by atomic mass is 10.1. The van der Waals surface area contributed by atoms with Gasteiger partial charge in [-0.25, -0.2) is 4.79 Å². The van der Waals surface area contributed by atoms with Gasteiger partial charge in [-0.2, -0.15) is 0 Å². The van der Waals surface area contributed by atoms with Crippen LogP contribution in [0, 0.1) is 20.8 Å². The zero-order valence-electron chi connectivity index (χ0n) is 16.1. The standard InChI is InChI=1S/C21H25NO5/c1-14-5-6-15(2)20(16(14)3)27-13-19(23)22-18-9-7-17(8-10-18)21(24)26-12-11-25-4/h5-10H,11-13H2,1-4H3,(H,22,23). The zero-order chi connectivity index (χ0) is 19.8. The highest BCUT2D eigenvalue weighted by atomic mass is 16.6.